The number of likely N-dealkylation sites (N-methyl/N-ethyl adjacent to an activating group) is 1. The molecule has 184 valence electrons. The molecule has 0 aliphatic heterocycles. The van der Waals surface area contributed by atoms with Crippen LogP contribution in [0.25, 0.3) is 0 Å². The van der Waals surface area contributed by atoms with E-state index in [2.05, 4.69) is 10.3 Å². The molecule has 0 radical (unpaired) electrons. The van der Waals surface area contributed by atoms with Gasteiger partial charge in [-0.1, -0.05) is 18.2 Å². The molecule has 1 fully saturated rings. The topological polar surface area (TPSA) is 83.9 Å². The second-order valence-electron chi connectivity index (χ2n) is 8.80. The van der Waals surface area contributed by atoms with Gasteiger partial charge < -0.3 is 19.9 Å². The van der Waals surface area contributed by atoms with Crippen LogP contribution in [0.2, 0.25) is 0 Å². The molecule has 8 heteroatoms. The Balaban J connectivity index is 1.50. The van der Waals surface area contributed by atoms with Gasteiger partial charge in [0, 0.05) is 31.4 Å². The summed E-state index contributed by atoms with van der Waals surface area (Å²) in [6.07, 6.45) is 2.39. The van der Waals surface area contributed by atoms with E-state index in [1.54, 1.807) is 43.8 Å². The van der Waals surface area contributed by atoms with Crippen molar-refractivity contribution >= 4 is 5.91 Å². The highest BCUT2D eigenvalue weighted by Gasteiger charge is 2.46. The van der Waals surface area contributed by atoms with E-state index in [0.29, 0.717) is 18.7 Å². The average molecular weight is 480 g/mol. The van der Waals surface area contributed by atoms with E-state index in [-0.39, 0.29) is 18.4 Å². The van der Waals surface area contributed by atoms with Crippen molar-refractivity contribution in [1.29, 1.82) is 0 Å². The third-order valence-corrected chi connectivity index (χ3v) is 6.27. The third-order valence-electron chi connectivity index (χ3n) is 6.27. The number of hydrogen-bond acceptors (Lipinski definition) is 6. The van der Waals surface area contributed by atoms with Crippen molar-refractivity contribution in [3.63, 3.8) is 0 Å². The summed E-state index contributed by atoms with van der Waals surface area (Å²) in [7, 11) is 3.53. The van der Waals surface area contributed by atoms with E-state index in [1.807, 2.05) is 36.2 Å². The van der Waals surface area contributed by atoms with Crippen LogP contribution in [0.4, 0.5) is 4.39 Å². The normalized spacial score (nSPS) is 21.6. The van der Waals surface area contributed by atoms with Gasteiger partial charge >= 0.3 is 0 Å². The van der Waals surface area contributed by atoms with Gasteiger partial charge in [-0.3, -0.25) is 14.7 Å². The zero-order valence-corrected chi connectivity index (χ0v) is 19.8. The molecule has 0 saturated heterocycles. The van der Waals surface area contributed by atoms with Crippen LogP contribution >= 0.6 is 0 Å². The molecular weight excluding hydrogens is 449 g/mol. The number of aliphatic hydroxyl groups excluding tert-OH is 1. The van der Waals surface area contributed by atoms with Crippen molar-refractivity contribution in [3.05, 3.63) is 90.0 Å². The molecule has 7 nitrogen and oxygen atoms in total. The summed E-state index contributed by atoms with van der Waals surface area (Å²) >= 11 is 0. The number of rotatable bonds is 9. The van der Waals surface area contributed by atoms with E-state index in [0.717, 1.165) is 16.9 Å². The molecule has 0 bridgehead atoms. The maximum absolute atomic E-state index is 13.7. The molecule has 1 aliphatic carbocycles. The Hall–Kier alpha value is -3.49. The maximum atomic E-state index is 13.7. The molecule has 1 aromatic heterocycles. The van der Waals surface area contributed by atoms with Crippen LogP contribution in [0, 0.1) is 5.82 Å². The Morgan fingerprint density at radius 3 is 2.54 bits per heavy atom. The van der Waals surface area contributed by atoms with E-state index >= 15 is 0 Å². The first kappa shape index (κ1) is 24.6. The highest BCUT2D eigenvalue weighted by molar-refractivity contribution is 5.79. The predicted octanol–water partition coefficient (Wildman–Crippen LogP) is 2.97. The standard InChI is InChI=1S/C27H30FN3O4/c1-31(17-19-6-8-21(34-2)9-7-19)26-23(30-25(32)14-18-10-12-29-13-11-18)16-24(27(26)33)35-22-5-3-4-20(28)15-22/h3-13,15,23-24,26-27,33H,14,16-17H2,1-2H3,(H,30,32)/t23-,24-,26+,27+/m1/s1. The van der Waals surface area contributed by atoms with Gasteiger partial charge in [-0.2, -0.15) is 0 Å². The van der Waals surface area contributed by atoms with Gasteiger partial charge in [0.2, 0.25) is 5.91 Å². The van der Waals surface area contributed by atoms with Crippen molar-refractivity contribution in [2.45, 2.75) is 43.7 Å². The number of hydrogen-bond donors (Lipinski definition) is 2. The number of aromatic nitrogens is 1. The van der Waals surface area contributed by atoms with Gasteiger partial charge in [0.15, 0.2) is 0 Å². The number of nitrogens with zero attached hydrogens (tertiary/aromatic N) is 2. The van der Waals surface area contributed by atoms with Gasteiger partial charge in [0.25, 0.3) is 0 Å². The van der Waals surface area contributed by atoms with Gasteiger partial charge in [0.1, 0.15) is 29.5 Å². The second kappa shape index (κ2) is 11.3. The molecule has 1 saturated carbocycles. The summed E-state index contributed by atoms with van der Waals surface area (Å²) in [6.45, 7) is 0.551. The minimum atomic E-state index is -0.896. The monoisotopic (exact) mass is 479 g/mol. The second-order valence-corrected chi connectivity index (χ2v) is 8.80. The lowest BCUT2D eigenvalue weighted by atomic mass is 10.1. The first-order valence-corrected chi connectivity index (χ1v) is 11.5. The lowest BCUT2D eigenvalue weighted by molar-refractivity contribution is -0.121. The van der Waals surface area contributed by atoms with Gasteiger partial charge in [-0.05, 0) is 54.6 Å². The number of halogens is 1. The number of amides is 1. The number of pyridine rings is 1. The zero-order valence-electron chi connectivity index (χ0n) is 19.8. The molecule has 4 rings (SSSR count). The van der Waals surface area contributed by atoms with Gasteiger partial charge in [0.05, 0.1) is 25.6 Å². The largest absolute Gasteiger partial charge is 0.497 e. The van der Waals surface area contributed by atoms with E-state index in [1.165, 1.54) is 12.1 Å². The van der Waals surface area contributed by atoms with Gasteiger partial charge in [-0.15, -0.1) is 0 Å². The molecule has 2 N–H and O–H groups in total. The highest BCUT2D eigenvalue weighted by Crippen LogP contribution is 2.30. The predicted molar refractivity (Wildman–Crippen MR) is 130 cm³/mol. The SMILES string of the molecule is COc1ccc(CN(C)[C@@H]2[C@@H](O)[C@H](Oc3cccc(F)c3)C[C@H]2NC(=O)Cc2ccncc2)cc1. The summed E-state index contributed by atoms with van der Waals surface area (Å²) in [5.41, 5.74) is 1.89. The fraction of sp³-hybridized carbons (Fsp3) is 0.333. The number of benzene rings is 2. The smallest absolute Gasteiger partial charge is 0.224 e. The number of nitrogens with one attached hydrogen (secondary N) is 1. The molecule has 4 atom stereocenters. The van der Waals surface area contributed by atoms with Crippen LogP contribution in [0.3, 0.4) is 0 Å². The average Bonchev–Trinajstić information content (AvgIpc) is 3.14. The van der Waals surface area contributed by atoms with Crippen molar-refractivity contribution in [2.24, 2.45) is 0 Å². The number of carbonyl (C=O) groups excluding carboxylic acids is 1. The zero-order chi connectivity index (χ0) is 24.8. The molecule has 1 aliphatic rings. The first-order chi connectivity index (χ1) is 16.9. The Kier molecular flexibility index (Phi) is 7.94. The Morgan fingerprint density at radius 2 is 1.86 bits per heavy atom. The van der Waals surface area contributed by atoms with E-state index < -0.39 is 24.1 Å². The van der Waals surface area contributed by atoms with Crippen LogP contribution in [0.5, 0.6) is 11.5 Å². The fourth-order valence-corrected chi connectivity index (χ4v) is 4.60. The molecule has 35 heavy (non-hydrogen) atoms. The van der Waals surface area contributed by atoms with E-state index in [9.17, 15) is 14.3 Å². The summed E-state index contributed by atoms with van der Waals surface area (Å²) in [5.74, 6) is 0.546. The summed E-state index contributed by atoms with van der Waals surface area (Å²) in [4.78, 5) is 18.8. The quantitative estimate of drug-likeness (QED) is 0.491. The molecule has 1 heterocycles. The maximum Gasteiger partial charge on any atom is 0.224 e. The number of methoxy groups -OCH3 is 1. The molecule has 0 spiro atoms. The molecule has 3 aromatic rings. The van der Waals surface area contributed by atoms with Crippen molar-refractivity contribution < 1.29 is 23.8 Å². The Labute approximate surface area is 204 Å². The molecule has 1 amide bonds. The lowest BCUT2D eigenvalue weighted by Crippen LogP contribution is -2.52. The van der Waals surface area contributed by atoms with Crippen molar-refractivity contribution in [3.8, 4) is 11.5 Å². The third kappa shape index (κ3) is 6.35. The summed E-state index contributed by atoms with van der Waals surface area (Å²) < 4.78 is 24.9. The fourth-order valence-electron chi connectivity index (χ4n) is 4.60. The van der Waals surface area contributed by atoms with Crippen LogP contribution < -0.4 is 14.8 Å². The van der Waals surface area contributed by atoms with Crippen LogP contribution in [-0.2, 0) is 17.8 Å². The highest BCUT2D eigenvalue weighted by atomic mass is 19.1. The minimum Gasteiger partial charge on any atom is -0.497 e. The summed E-state index contributed by atoms with van der Waals surface area (Å²) in [6, 6.07) is 16.4. The Bertz CT molecular complexity index is 1110. The summed E-state index contributed by atoms with van der Waals surface area (Å²) in [5, 5.41) is 14.3. The molecular formula is C27H30FN3O4. The first-order valence-electron chi connectivity index (χ1n) is 11.5. The van der Waals surface area contributed by atoms with Crippen molar-refractivity contribution in [1.82, 2.24) is 15.2 Å². The van der Waals surface area contributed by atoms with Crippen LogP contribution in [0.1, 0.15) is 17.5 Å². The number of carbonyl (C=O) groups is 1. The van der Waals surface area contributed by atoms with Crippen LogP contribution in [0.15, 0.2) is 73.1 Å². The minimum absolute atomic E-state index is 0.150. The number of ether oxygens (including phenoxy) is 2. The van der Waals surface area contributed by atoms with E-state index in [4.69, 9.17) is 9.47 Å². The van der Waals surface area contributed by atoms with Crippen molar-refractivity contribution in [2.75, 3.05) is 14.2 Å². The van der Waals surface area contributed by atoms with Crippen LogP contribution in [-0.4, -0.2) is 59.3 Å². The molecule has 2 aromatic carbocycles. The number of aliphatic hydroxyl groups is 1. The molecule has 0 unspecified atom stereocenters. The lowest BCUT2D eigenvalue weighted by Gasteiger charge is -2.32. The Morgan fingerprint density at radius 1 is 1.11 bits per heavy atom. The van der Waals surface area contributed by atoms with Gasteiger partial charge in [-0.25, -0.2) is 4.39 Å².